The molecule has 4 amide bonds. The number of carbonyl (C=O) groups excluding carboxylic acids is 4. The Morgan fingerprint density at radius 3 is 2.52 bits per heavy atom. The van der Waals surface area contributed by atoms with Crippen LogP contribution in [0.5, 0.6) is 11.5 Å². The molecule has 44 heavy (non-hydrogen) atoms. The van der Waals surface area contributed by atoms with Gasteiger partial charge in [0.05, 0.1) is 46.9 Å². The molecule has 6 atom stereocenters. The number of aliphatic carboxylic acids is 1. The van der Waals surface area contributed by atoms with E-state index >= 15 is 0 Å². The molecule has 2 heterocycles. The summed E-state index contributed by atoms with van der Waals surface area (Å²) in [7, 11) is 0. The molecule has 2 N–H and O–H groups in total. The fourth-order valence-electron chi connectivity index (χ4n) is 7.74. The second-order valence-corrected chi connectivity index (χ2v) is 12.3. The zero-order chi connectivity index (χ0) is 31.7. The molecule has 0 aromatic heterocycles. The van der Waals surface area contributed by atoms with Crippen molar-refractivity contribution in [2.45, 2.75) is 39.0 Å². The average Bonchev–Trinajstić information content (AvgIpc) is 3.34. The third-order valence-electron chi connectivity index (χ3n) is 9.69. The number of halogens is 2. The molecule has 230 valence electrons. The van der Waals surface area contributed by atoms with E-state index < -0.39 is 70.4 Å². The molecule has 6 unspecified atom stereocenters. The lowest BCUT2D eigenvalue weighted by Gasteiger charge is -2.49. The first-order valence-electron chi connectivity index (χ1n) is 14.5. The van der Waals surface area contributed by atoms with Gasteiger partial charge < -0.3 is 14.9 Å². The van der Waals surface area contributed by atoms with E-state index in [0.717, 1.165) is 21.4 Å². The summed E-state index contributed by atoms with van der Waals surface area (Å²) in [6.07, 6.45) is 1.78. The predicted molar refractivity (Wildman–Crippen MR) is 154 cm³/mol. The molecule has 2 aromatic carbocycles. The smallest absolute Gasteiger partial charge is 0.305 e. The maximum atomic E-state index is 14.4. The van der Waals surface area contributed by atoms with E-state index in [4.69, 9.17) is 16.3 Å². The van der Waals surface area contributed by atoms with E-state index in [0.29, 0.717) is 5.56 Å². The van der Waals surface area contributed by atoms with Crippen molar-refractivity contribution >= 4 is 46.9 Å². The molecule has 6 rings (SSSR count). The minimum absolute atomic E-state index is 0.0954. The molecule has 0 spiro atoms. The van der Waals surface area contributed by atoms with Gasteiger partial charge in [0.2, 0.25) is 23.6 Å². The number of ether oxygens (including phenoxy) is 1. The summed E-state index contributed by atoms with van der Waals surface area (Å²) in [5, 5.41) is 19.4. The first kappa shape index (κ1) is 29.8. The maximum absolute atomic E-state index is 14.4. The Labute approximate surface area is 257 Å². The Morgan fingerprint density at radius 1 is 1.09 bits per heavy atom. The van der Waals surface area contributed by atoms with Crippen LogP contribution in [0.4, 0.5) is 10.1 Å². The molecule has 10 nitrogen and oxygen atoms in total. The minimum Gasteiger partial charge on any atom is -0.504 e. The third-order valence-corrected chi connectivity index (χ3v) is 9.98. The minimum atomic E-state index is -1.36. The van der Waals surface area contributed by atoms with Crippen molar-refractivity contribution in [2.75, 3.05) is 18.1 Å². The summed E-state index contributed by atoms with van der Waals surface area (Å²) < 4.78 is 19.7. The summed E-state index contributed by atoms with van der Waals surface area (Å²) >= 11 is 6.03. The van der Waals surface area contributed by atoms with Crippen LogP contribution in [0, 0.1) is 34.9 Å². The number of anilines is 1. The van der Waals surface area contributed by atoms with Gasteiger partial charge in [-0.1, -0.05) is 29.3 Å². The van der Waals surface area contributed by atoms with Crippen LogP contribution in [0.25, 0.3) is 0 Å². The molecule has 1 saturated carbocycles. The number of hydrogen-bond acceptors (Lipinski definition) is 7. The number of imide groups is 2. The van der Waals surface area contributed by atoms with Gasteiger partial charge in [0.1, 0.15) is 5.82 Å². The molecule has 12 heteroatoms. The van der Waals surface area contributed by atoms with E-state index in [9.17, 15) is 38.6 Å². The number of fused-ring (bicyclic) bond motifs is 4. The van der Waals surface area contributed by atoms with Gasteiger partial charge >= 0.3 is 5.97 Å². The molecule has 4 aliphatic rings. The van der Waals surface area contributed by atoms with E-state index in [-0.39, 0.29) is 54.6 Å². The van der Waals surface area contributed by atoms with Crippen LogP contribution in [-0.2, 0) is 24.0 Å². The highest BCUT2D eigenvalue weighted by atomic mass is 35.5. The molecule has 3 fully saturated rings. The largest absolute Gasteiger partial charge is 0.504 e. The van der Waals surface area contributed by atoms with Crippen molar-refractivity contribution in [3.05, 3.63) is 64.5 Å². The Hall–Kier alpha value is -4.25. The van der Waals surface area contributed by atoms with Gasteiger partial charge in [-0.15, -0.1) is 0 Å². The Bertz CT molecular complexity index is 1660. The lowest BCUT2D eigenvalue weighted by Crippen LogP contribution is -2.48. The summed E-state index contributed by atoms with van der Waals surface area (Å²) in [6, 6.07) is 8.33. The molecule has 2 aliphatic carbocycles. The van der Waals surface area contributed by atoms with Crippen LogP contribution >= 0.6 is 11.6 Å². The Kier molecular flexibility index (Phi) is 7.27. The van der Waals surface area contributed by atoms with Crippen molar-refractivity contribution < 1.29 is 43.3 Å². The molecule has 2 aliphatic heterocycles. The van der Waals surface area contributed by atoms with Crippen LogP contribution in [0.1, 0.15) is 44.6 Å². The van der Waals surface area contributed by atoms with Crippen molar-refractivity contribution in [3.63, 3.8) is 0 Å². The highest BCUT2D eigenvalue weighted by Gasteiger charge is 2.67. The molecular formula is C32H30ClFN2O8. The number of aromatic hydroxyl groups is 1. The molecule has 0 radical (unpaired) electrons. The molecule has 0 bridgehead atoms. The van der Waals surface area contributed by atoms with Crippen molar-refractivity contribution in [1.29, 1.82) is 0 Å². The molecular weight excluding hydrogens is 595 g/mol. The van der Waals surface area contributed by atoms with Gasteiger partial charge in [0.25, 0.3) is 0 Å². The number of phenolic OH excluding ortho intramolecular Hbond substituents is 1. The van der Waals surface area contributed by atoms with Crippen LogP contribution in [0.2, 0.25) is 5.02 Å². The van der Waals surface area contributed by atoms with Gasteiger partial charge in [-0.3, -0.25) is 28.9 Å². The Balaban J connectivity index is 1.49. The quantitative estimate of drug-likeness (QED) is 0.343. The zero-order valence-corrected chi connectivity index (χ0v) is 24.7. The maximum Gasteiger partial charge on any atom is 0.305 e. The highest BCUT2D eigenvalue weighted by molar-refractivity contribution is 6.31. The number of carboxylic acids is 1. The van der Waals surface area contributed by atoms with Crippen LogP contribution in [-0.4, -0.2) is 57.9 Å². The number of allylic oxidation sites excluding steroid dienone is 2. The number of carbonyl (C=O) groups is 5. The summed E-state index contributed by atoms with van der Waals surface area (Å²) in [5.41, 5.74) is 0.0537. The Morgan fingerprint density at radius 2 is 1.84 bits per heavy atom. The van der Waals surface area contributed by atoms with Crippen molar-refractivity contribution in [3.8, 4) is 11.5 Å². The number of carboxylic acid groups (broad SMARTS) is 1. The first-order valence-corrected chi connectivity index (χ1v) is 14.8. The van der Waals surface area contributed by atoms with Crippen molar-refractivity contribution in [1.82, 2.24) is 4.90 Å². The number of hydrogen-bond donors (Lipinski definition) is 2. The monoisotopic (exact) mass is 624 g/mol. The normalized spacial score (nSPS) is 29.4. The van der Waals surface area contributed by atoms with Crippen molar-refractivity contribution in [2.24, 2.45) is 29.1 Å². The number of benzene rings is 2. The topological polar surface area (TPSA) is 142 Å². The van der Waals surface area contributed by atoms with Gasteiger partial charge in [-0.25, -0.2) is 9.29 Å². The van der Waals surface area contributed by atoms with Crippen LogP contribution in [0.3, 0.4) is 0 Å². The second-order valence-electron chi connectivity index (χ2n) is 11.9. The lowest BCUT2D eigenvalue weighted by atomic mass is 9.51. The number of rotatable bonds is 7. The lowest BCUT2D eigenvalue weighted by molar-refractivity contribution is -0.142. The standard InChI is InChI=1S/C32H30ClFN2O8/c1-3-44-24-12-15(4-9-23(24)37)27-17-6-7-18-26(30(42)35(28(18)40)11-10-25(38)39)19(17)14-20-29(41)36(31(43)32(20,27)2)16-5-8-22(34)21(33)13-16/h4-6,8-9,12-13,18-20,26-27,37H,3,7,10-11,14H2,1-2H3,(H,38,39). The fourth-order valence-corrected chi connectivity index (χ4v) is 7.91. The first-order chi connectivity index (χ1) is 20.9. The van der Waals surface area contributed by atoms with E-state index in [1.807, 2.05) is 6.08 Å². The van der Waals surface area contributed by atoms with Crippen LogP contribution in [0.15, 0.2) is 48.0 Å². The highest BCUT2D eigenvalue weighted by Crippen LogP contribution is 2.64. The summed E-state index contributed by atoms with van der Waals surface area (Å²) in [5.74, 6) is -7.57. The summed E-state index contributed by atoms with van der Waals surface area (Å²) in [4.78, 5) is 68.9. The fraction of sp³-hybridized carbons (Fsp3) is 0.406. The van der Waals surface area contributed by atoms with Gasteiger partial charge in [-0.2, -0.15) is 0 Å². The number of likely N-dealkylation sites (tertiary alicyclic amines) is 1. The number of nitrogens with zero attached hydrogens (tertiary/aromatic N) is 2. The van der Waals surface area contributed by atoms with Gasteiger partial charge in [0.15, 0.2) is 11.5 Å². The van der Waals surface area contributed by atoms with E-state index in [1.165, 1.54) is 18.2 Å². The van der Waals surface area contributed by atoms with Gasteiger partial charge in [0, 0.05) is 12.5 Å². The molecule has 2 aromatic rings. The van der Waals surface area contributed by atoms with Gasteiger partial charge in [-0.05, 0) is 68.5 Å². The summed E-state index contributed by atoms with van der Waals surface area (Å²) in [6.45, 7) is 3.47. The molecule has 2 saturated heterocycles. The number of phenols is 1. The predicted octanol–water partition coefficient (Wildman–Crippen LogP) is 4.29. The zero-order valence-electron chi connectivity index (χ0n) is 24.0. The van der Waals surface area contributed by atoms with E-state index in [1.54, 1.807) is 26.0 Å². The van der Waals surface area contributed by atoms with Crippen LogP contribution < -0.4 is 9.64 Å². The third kappa shape index (κ3) is 4.31. The average molecular weight is 625 g/mol. The second kappa shape index (κ2) is 10.7. The van der Waals surface area contributed by atoms with E-state index in [2.05, 4.69) is 0 Å². The SMILES string of the molecule is CCOc1cc(C2C3=CCC4C(=O)N(CCC(=O)O)C(=O)C4C3CC3C(=O)N(c4ccc(F)c(Cl)c4)C(=O)C32C)ccc1O. The number of amides is 4.